The van der Waals surface area contributed by atoms with E-state index in [0.717, 1.165) is 38.9 Å². The second-order valence-corrected chi connectivity index (χ2v) is 9.06. The average Bonchev–Trinajstić information content (AvgIpc) is 3.51. The lowest BCUT2D eigenvalue weighted by molar-refractivity contribution is 0.317. The highest BCUT2D eigenvalue weighted by molar-refractivity contribution is 5.75. The third-order valence-corrected chi connectivity index (χ3v) is 6.68. The third-order valence-electron chi connectivity index (χ3n) is 6.68. The molecule has 8 nitrogen and oxygen atoms in total. The molecule has 0 radical (unpaired) electrons. The molecule has 1 atom stereocenters. The Balaban J connectivity index is 1.28. The van der Waals surface area contributed by atoms with E-state index in [4.69, 9.17) is 4.74 Å². The van der Waals surface area contributed by atoms with Gasteiger partial charge in [0.15, 0.2) is 5.82 Å². The van der Waals surface area contributed by atoms with Gasteiger partial charge in [0.2, 0.25) is 5.88 Å². The normalized spacial score (nSPS) is 18.8. The molecule has 0 amide bonds. The van der Waals surface area contributed by atoms with Crippen molar-refractivity contribution in [2.45, 2.75) is 25.3 Å². The number of nitrogens with zero attached hydrogens (tertiary/aromatic N) is 5. The van der Waals surface area contributed by atoms with Crippen LogP contribution in [0.5, 0.6) is 11.6 Å². The Labute approximate surface area is 196 Å². The molecule has 2 aliphatic rings. The number of alkyl halides is 1. The number of ether oxygens (including phenoxy) is 1. The Morgan fingerprint density at radius 1 is 1.18 bits per heavy atom. The van der Waals surface area contributed by atoms with Gasteiger partial charge < -0.3 is 20.1 Å². The van der Waals surface area contributed by atoms with Gasteiger partial charge in [-0.05, 0) is 43.5 Å². The molecule has 10 heteroatoms. The van der Waals surface area contributed by atoms with Crippen LogP contribution in [0, 0.1) is 11.2 Å². The summed E-state index contributed by atoms with van der Waals surface area (Å²) in [6, 6.07) is 7.93. The van der Waals surface area contributed by atoms with Gasteiger partial charge in [-0.2, -0.15) is 5.10 Å². The molecule has 1 aliphatic carbocycles. The summed E-state index contributed by atoms with van der Waals surface area (Å²) in [6.07, 6.45) is 4.27. The topological polar surface area (TPSA) is 96.3 Å². The first-order valence-electron chi connectivity index (χ1n) is 11.3. The maximum atomic E-state index is 14.9. The Hall–Kier alpha value is -3.40. The Kier molecular flexibility index (Phi) is 5.99. The molecule has 178 valence electrons. The second-order valence-electron chi connectivity index (χ2n) is 9.06. The predicted molar refractivity (Wildman–Crippen MR) is 123 cm³/mol. The number of phenolic OH excluding ortho intramolecular Hbond substituents is 1. The number of halogens is 2. The fourth-order valence-electron chi connectivity index (χ4n) is 4.25. The van der Waals surface area contributed by atoms with Crippen LogP contribution >= 0.6 is 0 Å². The second kappa shape index (κ2) is 9.09. The minimum absolute atomic E-state index is 0.124. The van der Waals surface area contributed by atoms with Crippen LogP contribution in [0.2, 0.25) is 0 Å². The summed E-state index contributed by atoms with van der Waals surface area (Å²) in [5.41, 5.74) is 1.09. The van der Waals surface area contributed by atoms with E-state index >= 15 is 0 Å². The van der Waals surface area contributed by atoms with Crippen molar-refractivity contribution >= 4 is 5.82 Å². The minimum atomic E-state index is -0.538. The molecule has 1 saturated carbocycles. The van der Waals surface area contributed by atoms with Crippen LogP contribution in [-0.2, 0) is 0 Å². The summed E-state index contributed by atoms with van der Waals surface area (Å²) in [5.74, 6) is 0.299. The zero-order chi connectivity index (χ0) is 23.7. The van der Waals surface area contributed by atoms with E-state index in [1.165, 1.54) is 25.4 Å². The van der Waals surface area contributed by atoms with Gasteiger partial charge >= 0.3 is 0 Å². The number of nitrogens with one attached hydrogen (secondary N) is 1. The quantitative estimate of drug-likeness (QED) is 0.520. The zero-order valence-electron chi connectivity index (χ0n) is 18.8. The average molecular weight is 469 g/mol. The standard InChI is InChI=1S/C24H26F2N6O2/c1-34-23-8-15(11-28-31-23)17-10-21(33)18(9-19(17)26)20-2-3-22(30-29-20)32-7-4-16(12-32)27-14-24(13-25)5-6-24/h2-3,8-11,16,27,33H,4-7,12-14H2,1H3/t16-/m1/s1. The van der Waals surface area contributed by atoms with E-state index in [9.17, 15) is 13.9 Å². The largest absolute Gasteiger partial charge is 0.507 e. The molecule has 5 rings (SSSR count). The Morgan fingerprint density at radius 3 is 2.74 bits per heavy atom. The van der Waals surface area contributed by atoms with Crippen LogP contribution in [0.15, 0.2) is 36.5 Å². The molecule has 0 spiro atoms. The van der Waals surface area contributed by atoms with Crippen molar-refractivity contribution in [2.75, 3.05) is 38.3 Å². The van der Waals surface area contributed by atoms with Crippen molar-refractivity contribution < 1.29 is 18.6 Å². The molecule has 1 aromatic carbocycles. The van der Waals surface area contributed by atoms with Crippen molar-refractivity contribution in [1.29, 1.82) is 0 Å². The van der Waals surface area contributed by atoms with Gasteiger partial charge in [0.25, 0.3) is 0 Å². The highest BCUT2D eigenvalue weighted by Gasteiger charge is 2.43. The molecule has 0 unspecified atom stereocenters. The molecular weight excluding hydrogens is 442 g/mol. The first-order chi connectivity index (χ1) is 16.5. The maximum absolute atomic E-state index is 14.9. The van der Waals surface area contributed by atoms with Crippen LogP contribution in [-0.4, -0.2) is 65.0 Å². The monoisotopic (exact) mass is 468 g/mol. The van der Waals surface area contributed by atoms with Gasteiger partial charge in [-0.25, -0.2) is 4.39 Å². The van der Waals surface area contributed by atoms with Crippen molar-refractivity contribution in [3.05, 3.63) is 42.3 Å². The summed E-state index contributed by atoms with van der Waals surface area (Å²) in [6.45, 7) is 2.06. The van der Waals surface area contributed by atoms with E-state index < -0.39 is 5.82 Å². The molecule has 1 saturated heterocycles. The van der Waals surface area contributed by atoms with Crippen molar-refractivity contribution in [3.8, 4) is 34.0 Å². The molecule has 2 aromatic heterocycles. The number of hydrogen-bond donors (Lipinski definition) is 2. The third kappa shape index (κ3) is 4.50. The number of anilines is 1. The number of benzene rings is 1. The van der Waals surface area contributed by atoms with Crippen LogP contribution in [0.4, 0.5) is 14.6 Å². The summed E-state index contributed by atoms with van der Waals surface area (Å²) >= 11 is 0. The molecule has 2 N–H and O–H groups in total. The SMILES string of the molecule is COc1cc(-c2cc(O)c(-c3ccc(N4CC[C@@H](NCC5(CF)CC5)C4)nn3)cc2F)cnn1. The number of methoxy groups -OCH3 is 1. The minimum Gasteiger partial charge on any atom is -0.507 e. The molecule has 3 aromatic rings. The first kappa shape index (κ1) is 22.4. The summed E-state index contributed by atoms with van der Waals surface area (Å²) in [5, 5.41) is 30.2. The number of aromatic hydroxyl groups is 1. The van der Waals surface area contributed by atoms with Gasteiger partial charge in [0, 0.05) is 53.8 Å². The number of hydrogen-bond acceptors (Lipinski definition) is 8. The number of aromatic nitrogens is 4. The van der Waals surface area contributed by atoms with Crippen molar-refractivity contribution in [3.63, 3.8) is 0 Å². The van der Waals surface area contributed by atoms with E-state index in [1.54, 1.807) is 12.1 Å². The fraction of sp³-hybridized carbons (Fsp3) is 0.417. The van der Waals surface area contributed by atoms with Crippen LogP contribution in [0.1, 0.15) is 19.3 Å². The van der Waals surface area contributed by atoms with Gasteiger partial charge in [0.1, 0.15) is 11.6 Å². The van der Waals surface area contributed by atoms with Crippen molar-refractivity contribution in [1.82, 2.24) is 25.7 Å². The maximum Gasteiger partial charge on any atom is 0.233 e. The zero-order valence-corrected chi connectivity index (χ0v) is 18.8. The first-order valence-corrected chi connectivity index (χ1v) is 11.3. The molecule has 3 heterocycles. The lowest BCUT2D eigenvalue weighted by atomic mass is 10.0. The van der Waals surface area contributed by atoms with Crippen LogP contribution < -0.4 is 15.0 Å². The molecule has 34 heavy (non-hydrogen) atoms. The van der Waals surface area contributed by atoms with E-state index in [0.29, 0.717) is 17.1 Å². The predicted octanol–water partition coefficient (Wildman–Crippen LogP) is 3.37. The van der Waals surface area contributed by atoms with E-state index in [1.807, 2.05) is 6.07 Å². The Bertz CT molecular complexity index is 1170. The van der Waals surface area contributed by atoms with Gasteiger partial charge in [0.05, 0.1) is 25.7 Å². The summed E-state index contributed by atoms with van der Waals surface area (Å²) in [7, 11) is 1.45. The molecule has 0 bridgehead atoms. The highest BCUT2D eigenvalue weighted by atomic mass is 19.1. The lowest BCUT2D eigenvalue weighted by Gasteiger charge is -2.19. The lowest BCUT2D eigenvalue weighted by Crippen LogP contribution is -2.37. The summed E-state index contributed by atoms with van der Waals surface area (Å²) < 4.78 is 33.0. The van der Waals surface area contributed by atoms with E-state index in [-0.39, 0.29) is 40.9 Å². The van der Waals surface area contributed by atoms with Crippen molar-refractivity contribution in [2.24, 2.45) is 5.41 Å². The molecular formula is C24H26F2N6O2. The number of phenols is 1. The number of rotatable bonds is 8. The Morgan fingerprint density at radius 2 is 2.03 bits per heavy atom. The summed E-state index contributed by atoms with van der Waals surface area (Å²) in [4.78, 5) is 2.12. The van der Waals surface area contributed by atoms with Gasteiger partial charge in [-0.1, -0.05) is 0 Å². The highest BCUT2D eigenvalue weighted by Crippen LogP contribution is 2.45. The van der Waals surface area contributed by atoms with Gasteiger partial charge in [-0.15, -0.1) is 15.3 Å². The van der Waals surface area contributed by atoms with E-state index in [2.05, 4.69) is 30.6 Å². The smallest absolute Gasteiger partial charge is 0.233 e. The molecule has 1 aliphatic heterocycles. The fourth-order valence-corrected chi connectivity index (χ4v) is 4.25. The van der Waals surface area contributed by atoms with Crippen LogP contribution in [0.3, 0.4) is 0 Å². The molecule has 2 fully saturated rings. The van der Waals surface area contributed by atoms with Crippen LogP contribution in [0.25, 0.3) is 22.4 Å². The van der Waals surface area contributed by atoms with Gasteiger partial charge in [-0.3, -0.25) is 4.39 Å².